The largest absolute Gasteiger partial charge is 1.00 e. The van der Waals surface area contributed by atoms with Gasteiger partial charge in [-0.25, -0.2) is 0 Å². The molecule has 0 heterocycles. The number of nitrogens with two attached hydrogens (primary N) is 1. The molecule has 26 heavy (non-hydrogen) atoms. The van der Waals surface area contributed by atoms with Gasteiger partial charge in [0.1, 0.15) is 0 Å². The average molecular weight is 396 g/mol. The fourth-order valence-corrected chi connectivity index (χ4v) is 2.36. The number of nitrogens with one attached hydrogen (secondary N) is 1. The number of aromatic carboxylic acids is 1. The van der Waals surface area contributed by atoms with Crippen molar-refractivity contribution in [1.82, 2.24) is 0 Å². The minimum absolute atomic E-state index is 0. The van der Waals surface area contributed by atoms with E-state index in [4.69, 9.17) is 10.3 Å². The van der Waals surface area contributed by atoms with Crippen LogP contribution in [0.15, 0.2) is 41.3 Å². The Hall–Kier alpha value is -1.11. The Balaban J connectivity index is 0.00000312. The summed E-state index contributed by atoms with van der Waals surface area (Å²) in [6.45, 7) is 0. The standard InChI is InChI=1S/C14H12N2O7S.2Na/c15-8-3-1-7(2-4-8)13(18)16-11-6-9(24(21,22)23)5-10(12(11)17)14(19)20;;/h1-6,17H,15H2,(H,16,18)(H,19,20)(H,21,22,23);;/q;2*+1/p-2. The average Bonchev–Trinajstić information content (AvgIpc) is 2.48. The van der Waals surface area contributed by atoms with E-state index < -0.39 is 43.9 Å². The zero-order valence-electron chi connectivity index (χ0n) is 13.8. The van der Waals surface area contributed by atoms with Crippen LogP contribution in [-0.4, -0.2) is 24.8 Å². The summed E-state index contributed by atoms with van der Waals surface area (Å²) in [5.41, 5.74) is 4.31. The van der Waals surface area contributed by atoms with Crippen molar-refractivity contribution in [2.75, 3.05) is 11.1 Å². The molecule has 0 saturated carbocycles. The van der Waals surface area contributed by atoms with Crippen molar-refractivity contribution >= 4 is 33.4 Å². The van der Waals surface area contributed by atoms with E-state index in [2.05, 4.69) is 5.32 Å². The normalized spacial score (nSPS) is 10.2. The second-order valence-corrected chi connectivity index (χ2v) is 6.11. The number of carboxylic acid groups (broad SMARTS) is 1. The molecule has 126 valence electrons. The van der Waals surface area contributed by atoms with Gasteiger partial charge in [-0.3, -0.25) is 9.35 Å². The molecular formula is C14H10N2Na2O7S. The van der Waals surface area contributed by atoms with Gasteiger partial charge in [0.05, 0.1) is 10.9 Å². The van der Waals surface area contributed by atoms with E-state index in [1.165, 1.54) is 24.3 Å². The number of anilines is 2. The quantitative estimate of drug-likeness (QED) is 0.260. The van der Waals surface area contributed by atoms with Crippen LogP contribution >= 0.6 is 0 Å². The molecule has 1 amide bonds. The van der Waals surface area contributed by atoms with Crippen LogP contribution in [0.3, 0.4) is 0 Å². The molecule has 0 radical (unpaired) electrons. The van der Waals surface area contributed by atoms with Gasteiger partial charge < -0.3 is 26.1 Å². The third-order valence-electron chi connectivity index (χ3n) is 3.00. The van der Waals surface area contributed by atoms with Gasteiger partial charge in [0, 0.05) is 16.9 Å². The summed E-state index contributed by atoms with van der Waals surface area (Å²) >= 11 is 0. The molecule has 0 atom stereocenters. The number of amides is 1. The van der Waals surface area contributed by atoms with Crippen LogP contribution in [0.25, 0.3) is 0 Å². The first-order valence-corrected chi connectivity index (χ1v) is 7.74. The van der Waals surface area contributed by atoms with Crippen molar-refractivity contribution in [2.24, 2.45) is 0 Å². The van der Waals surface area contributed by atoms with Crippen LogP contribution < -0.4 is 80.4 Å². The van der Waals surface area contributed by atoms with Gasteiger partial charge in [-0.05, 0) is 42.0 Å². The topological polar surface area (TPSA) is 173 Å². The first-order chi connectivity index (χ1) is 11.1. The summed E-state index contributed by atoms with van der Waals surface area (Å²) in [6.07, 6.45) is 0. The maximum absolute atomic E-state index is 12.1. The van der Waals surface area contributed by atoms with Crippen molar-refractivity contribution in [3.05, 3.63) is 47.5 Å². The van der Waals surface area contributed by atoms with E-state index in [0.717, 1.165) is 0 Å². The first-order valence-electron chi connectivity index (χ1n) is 6.30. The first kappa shape index (κ1) is 24.9. The van der Waals surface area contributed by atoms with Crippen LogP contribution in [0.1, 0.15) is 20.7 Å². The molecule has 0 unspecified atom stereocenters. The molecule has 0 bridgehead atoms. The van der Waals surface area contributed by atoms with E-state index in [0.29, 0.717) is 17.8 Å². The number of hydrogen-bond acceptors (Lipinski definition) is 7. The number of rotatable bonds is 4. The monoisotopic (exact) mass is 396 g/mol. The number of benzene rings is 2. The Labute approximate surface area is 192 Å². The molecule has 0 spiro atoms. The maximum Gasteiger partial charge on any atom is 1.00 e. The molecule has 2 rings (SSSR count). The fourth-order valence-electron chi connectivity index (χ4n) is 1.82. The van der Waals surface area contributed by atoms with E-state index in [-0.39, 0.29) is 64.7 Å². The Morgan fingerprint density at radius 1 is 1.08 bits per heavy atom. The Morgan fingerprint density at radius 3 is 2.08 bits per heavy atom. The Bertz CT molecular complexity index is 931. The Morgan fingerprint density at radius 2 is 1.62 bits per heavy atom. The van der Waals surface area contributed by atoms with Crippen molar-refractivity contribution < 1.29 is 91.9 Å². The maximum atomic E-state index is 12.1. The molecule has 9 nitrogen and oxygen atoms in total. The van der Waals surface area contributed by atoms with Crippen molar-refractivity contribution in [1.29, 1.82) is 0 Å². The number of hydrogen-bond donors (Lipinski definition) is 3. The van der Waals surface area contributed by atoms with Crippen LogP contribution in [-0.2, 0) is 10.1 Å². The van der Waals surface area contributed by atoms with Crippen molar-refractivity contribution in [2.45, 2.75) is 4.90 Å². The summed E-state index contributed by atoms with van der Waals surface area (Å²) < 4.78 is 31.4. The molecule has 2 aromatic rings. The van der Waals surface area contributed by atoms with Crippen LogP contribution in [0.5, 0.6) is 5.75 Å². The van der Waals surface area contributed by atoms with Crippen LogP contribution in [0.2, 0.25) is 0 Å². The van der Waals surface area contributed by atoms with Crippen molar-refractivity contribution in [3.63, 3.8) is 0 Å². The molecule has 2 aromatic carbocycles. The van der Waals surface area contributed by atoms with E-state index >= 15 is 0 Å². The zero-order chi connectivity index (χ0) is 18.1. The van der Waals surface area contributed by atoms with Gasteiger partial charge in [-0.2, -0.15) is 8.42 Å². The number of carbonyl (C=O) groups is 2. The summed E-state index contributed by atoms with van der Waals surface area (Å²) in [4.78, 5) is 22.1. The molecular weight excluding hydrogens is 386 g/mol. The zero-order valence-corrected chi connectivity index (χ0v) is 18.7. The molecule has 0 aliphatic carbocycles. The van der Waals surface area contributed by atoms with Crippen molar-refractivity contribution in [3.8, 4) is 5.75 Å². The van der Waals surface area contributed by atoms with Gasteiger partial charge >= 0.3 is 59.1 Å². The number of carbonyl (C=O) groups excluding carboxylic acids is 2. The second-order valence-electron chi connectivity index (χ2n) is 4.69. The van der Waals surface area contributed by atoms with E-state index in [9.17, 15) is 28.2 Å². The Kier molecular flexibility index (Phi) is 9.30. The third kappa shape index (κ3) is 5.96. The molecule has 0 aromatic heterocycles. The summed E-state index contributed by atoms with van der Waals surface area (Å²) in [6, 6.07) is 6.65. The molecule has 0 fully saturated rings. The fraction of sp³-hybridized carbons (Fsp3) is 0. The molecule has 4 N–H and O–H groups in total. The van der Waals surface area contributed by atoms with E-state index in [1.54, 1.807) is 0 Å². The molecule has 0 aliphatic rings. The summed E-state index contributed by atoms with van der Waals surface area (Å²) in [5.74, 6) is -3.91. The summed E-state index contributed by atoms with van der Waals surface area (Å²) in [5, 5.41) is 25.0. The van der Waals surface area contributed by atoms with Crippen LogP contribution in [0.4, 0.5) is 11.4 Å². The van der Waals surface area contributed by atoms with Crippen LogP contribution in [0, 0.1) is 0 Å². The minimum atomic E-state index is -4.80. The SMILES string of the molecule is Nc1ccc(C(=O)Nc2cc(S(=O)(=O)O)cc(C(=O)[O-])c2[O-])cc1.[Na+].[Na+]. The second kappa shape index (κ2) is 9.72. The van der Waals surface area contributed by atoms with E-state index in [1.807, 2.05) is 0 Å². The summed E-state index contributed by atoms with van der Waals surface area (Å²) in [7, 11) is -4.80. The van der Waals surface area contributed by atoms with Gasteiger partial charge in [-0.15, -0.1) is 0 Å². The van der Waals surface area contributed by atoms with Gasteiger partial charge in [0.2, 0.25) is 0 Å². The predicted octanol–water partition coefficient (Wildman–Crippen LogP) is -6.79. The van der Waals surface area contributed by atoms with Gasteiger partial charge in [0.15, 0.2) is 0 Å². The predicted molar refractivity (Wildman–Crippen MR) is 78.8 cm³/mol. The molecule has 0 aliphatic heterocycles. The van der Waals surface area contributed by atoms with Gasteiger partial charge in [0.25, 0.3) is 16.0 Å². The smallest absolute Gasteiger partial charge is 0.871 e. The number of carboxylic acids is 1. The number of nitrogen functional groups attached to an aromatic ring is 1. The molecule has 12 heteroatoms. The van der Waals surface area contributed by atoms with Gasteiger partial charge in [-0.1, -0.05) is 5.75 Å². The third-order valence-corrected chi connectivity index (χ3v) is 3.83. The minimum Gasteiger partial charge on any atom is -0.871 e. The molecule has 0 saturated heterocycles.